The van der Waals surface area contributed by atoms with E-state index in [1.54, 1.807) is 12.3 Å². The SMILES string of the molecule is Cc1c2c(Cc3cccc(C(F)(F)F)c3)nccc2c(C)c2c1c1ccccc1n2Cc1ccccc1. The van der Waals surface area contributed by atoms with Crippen LogP contribution in [-0.2, 0) is 19.1 Å². The van der Waals surface area contributed by atoms with Gasteiger partial charge in [-0.05, 0) is 59.7 Å². The van der Waals surface area contributed by atoms with E-state index < -0.39 is 11.7 Å². The Hall–Kier alpha value is -4.12. The van der Waals surface area contributed by atoms with Gasteiger partial charge in [0.25, 0.3) is 0 Å². The van der Waals surface area contributed by atoms with Gasteiger partial charge in [-0.25, -0.2) is 0 Å². The van der Waals surface area contributed by atoms with Gasteiger partial charge in [-0.15, -0.1) is 0 Å². The van der Waals surface area contributed by atoms with Crippen LogP contribution in [0.1, 0.15) is 33.5 Å². The number of rotatable bonds is 4. The van der Waals surface area contributed by atoms with E-state index in [2.05, 4.69) is 71.9 Å². The third-order valence-corrected chi connectivity index (χ3v) is 7.32. The predicted molar refractivity (Wildman–Crippen MR) is 144 cm³/mol. The Labute approximate surface area is 213 Å². The molecule has 0 saturated carbocycles. The number of para-hydroxylation sites is 1. The molecule has 6 aromatic rings. The highest BCUT2D eigenvalue weighted by molar-refractivity contribution is 6.17. The number of aryl methyl sites for hydroxylation is 2. The fraction of sp³-hybridized carbons (Fsp3) is 0.156. The highest BCUT2D eigenvalue weighted by Gasteiger charge is 2.30. The Morgan fingerprint density at radius 1 is 0.730 bits per heavy atom. The topological polar surface area (TPSA) is 17.8 Å². The molecular formula is C32H25F3N2. The van der Waals surface area contributed by atoms with Gasteiger partial charge in [-0.3, -0.25) is 4.98 Å². The summed E-state index contributed by atoms with van der Waals surface area (Å²) < 4.78 is 42.4. The molecule has 0 spiro atoms. The molecule has 0 aliphatic carbocycles. The first kappa shape index (κ1) is 23.3. The van der Waals surface area contributed by atoms with Gasteiger partial charge in [0.05, 0.1) is 16.8 Å². The number of benzene rings is 4. The summed E-state index contributed by atoms with van der Waals surface area (Å²) in [7, 11) is 0. The van der Waals surface area contributed by atoms with E-state index in [4.69, 9.17) is 0 Å². The maximum atomic E-state index is 13.3. The third kappa shape index (κ3) is 3.95. The number of alkyl halides is 3. The highest BCUT2D eigenvalue weighted by Crippen LogP contribution is 2.40. The van der Waals surface area contributed by atoms with Crippen molar-refractivity contribution in [3.8, 4) is 0 Å². The van der Waals surface area contributed by atoms with E-state index in [0.29, 0.717) is 12.0 Å². The summed E-state index contributed by atoms with van der Waals surface area (Å²) in [6.07, 6.45) is -2.27. The molecule has 0 aliphatic heterocycles. The summed E-state index contributed by atoms with van der Waals surface area (Å²) in [5.74, 6) is 0. The molecule has 5 heteroatoms. The number of pyridine rings is 1. The minimum atomic E-state index is -4.37. The molecular weight excluding hydrogens is 469 g/mol. The summed E-state index contributed by atoms with van der Waals surface area (Å²) in [6, 6.07) is 26.4. The third-order valence-electron chi connectivity index (χ3n) is 7.32. The van der Waals surface area contributed by atoms with E-state index in [1.807, 2.05) is 12.1 Å². The second kappa shape index (κ2) is 8.77. The Bertz CT molecular complexity index is 1780. The van der Waals surface area contributed by atoms with Crippen LogP contribution in [-0.4, -0.2) is 9.55 Å². The number of aromatic nitrogens is 2. The summed E-state index contributed by atoms with van der Waals surface area (Å²) in [4.78, 5) is 4.67. The molecule has 0 saturated heterocycles. The average molecular weight is 495 g/mol. The molecule has 0 N–H and O–H groups in total. The maximum absolute atomic E-state index is 13.3. The monoisotopic (exact) mass is 494 g/mol. The zero-order valence-electron chi connectivity index (χ0n) is 20.6. The van der Waals surface area contributed by atoms with Crippen LogP contribution in [0.3, 0.4) is 0 Å². The van der Waals surface area contributed by atoms with Crippen LogP contribution >= 0.6 is 0 Å². The van der Waals surface area contributed by atoms with Crippen molar-refractivity contribution < 1.29 is 13.2 Å². The van der Waals surface area contributed by atoms with Gasteiger partial charge in [0.15, 0.2) is 0 Å². The van der Waals surface area contributed by atoms with E-state index in [0.717, 1.165) is 45.7 Å². The number of nitrogens with zero attached hydrogens (tertiary/aromatic N) is 2. The lowest BCUT2D eigenvalue weighted by molar-refractivity contribution is -0.137. The molecule has 0 unspecified atom stereocenters. The van der Waals surface area contributed by atoms with Gasteiger partial charge >= 0.3 is 6.18 Å². The van der Waals surface area contributed by atoms with Crippen molar-refractivity contribution >= 4 is 32.6 Å². The Morgan fingerprint density at radius 3 is 2.24 bits per heavy atom. The molecule has 6 rings (SSSR count). The second-order valence-electron chi connectivity index (χ2n) is 9.62. The summed E-state index contributed by atoms with van der Waals surface area (Å²) >= 11 is 0. The van der Waals surface area contributed by atoms with Crippen LogP contribution in [0.2, 0.25) is 0 Å². The second-order valence-corrected chi connectivity index (χ2v) is 9.62. The molecule has 0 fully saturated rings. The zero-order valence-corrected chi connectivity index (χ0v) is 20.6. The summed E-state index contributed by atoms with van der Waals surface area (Å²) in [6.45, 7) is 5.00. The van der Waals surface area contributed by atoms with Crippen molar-refractivity contribution in [2.45, 2.75) is 33.0 Å². The van der Waals surface area contributed by atoms with Crippen LogP contribution in [0.15, 0.2) is 91.1 Å². The van der Waals surface area contributed by atoms with Crippen molar-refractivity contribution in [2.24, 2.45) is 0 Å². The van der Waals surface area contributed by atoms with Crippen LogP contribution in [0, 0.1) is 13.8 Å². The lowest BCUT2D eigenvalue weighted by Gasteiger charge is -2.16. The fourth-order valence-electron chi connectivity index (χ4n) is 5.68. The van der Waals surface area contributed by atoms with Gasteiger partial charge in [0.1, 0.15) is 0 Å². The summed E-state index contributed by atoms with van der Waals surface area (Å²) in [5.41, 5.74) is 6.58. The van der Waals surface area contributed by atoms with Crippen molar-refractivity contribution in [3.05, 3.63) is 125 Å². The molecule has 0 bridgehead atoms. The van der Waals surface area contributed by atoms with Gasteiger partial charge in [0.2, 0.25) is 0 Å². The van der Waals surface area contributed by atoms with E-state index in [1.165, 1.54) is 34.0 Å². The van der Waals surface area contributed by atoms with Crippen molar-refractivity contribution in [3.63, 3.8) is 0 Å². The van der Waals surface area contributed by atoms with E-state index in [-0.39, 0.29) is 0 Å². The average Bonchev–Trinajstić information content (AvgIpc) is 3.22. The fourth-order valence-corrected chi connectivity index (χ4v) is 5.68. The maximum Gasteiger partial charge on any atom is 0.416 e. The molecule has 184 valence electrons. The minimum Gasteiger partial charge on any atom is -0.336 e. The van der Waals surface area contributed by atoms with Crippen molar-refractivity contribution in [1.29, 1.82) is 0 Å². The van der Waals surface area contributed by atoms with Gasteiger partial charge in [-0.1, -0.05) is 66.7 Å². The highest BCUT2D eigenvalue weighted by atomic mass is 19.4. The normalized spacial score (nSPS) is 12.1. The van der Waals surface area contributed by atoms with Crippen molar-refractivity contribution in [2.75, 3.05) is 0 Å². The van der Waals surface area contributed by atoms with Gasteiger partial charge in [0, 0.05) is 40.8 Å². The van der Waals surface area contributed by atoms with E-state index in [9.17, 15) is 13.2 Å². The number of hydrogen-bond donors (Lipinski definition) is 0. The number of fused-ring (bicyclic) bond motifs is 4. The van der Waals surface area contributed by atoms with Gasteiger partial charge < -0.3 is 4.57 Å². The smallest absolute Gasteiger partial charge is 0.336 e. The molecule has 2 aromatic heterocycles. The first-order valence-electron chi connectivity index (χ1n) is 12.3. The standard InChI is InChI=1S/C32H25F3N2/c1-20-25-15-16-36-27(18-23-11-8-12-24(17-23)32(33,34)35)29(25)21(2)30-26-13-6-7-14-28(26)37(31(20)30)19-22-9-4-3-5-10-22/h3-17H,18-19H2,1-2H3. The molecule has 0 radical (unpaired) electrons. The van der Waals surface area contributed by atoms with E-state index >= 15 is 0 Å². The van der Waals surface area contributed by atoms with Crippen molar-refractivity contribution in [1.82, 2.24) is 9.55 Å². The molecule has 2 nitrogen and oxygen atoms in total. The van der Waals surface area contributed by atoms with Crippen LogP contribution < -0.4 is 0 Å². The largest absolute Gasteiger partial charge is 0.416 e. The first-order valence-corrected chi connectivity index (χ1v) is 12.3. The van der Waals surface area contributed by atoms with Crippen LogP contribution in [0.25, 0.3) is 32.6 Å². The van der Waals surface area contributed by atoms with Crippen LogP contribution in [0.5, 0.6) is 0 Å². The molecule has 4 aromatic carbocycles. The summed E-state index contributed by atoms with van der Waals surface area (Å²) in [5, 5.41) is 4.45. The zero-order chi connectivity index (χ0) is 25.7. The molecule has 0 atom stereocenters. The van der Waals surface area contributed by atoms with Gasteiger partial charge in [-0.2, -0.15) is 13.2 Å². The Kier molecular flexibility index (Phi) is 5.52. The number of halogens is 3. The lowest BCUT2D eigenvalue weighted by atomic mass is 9.93. The Morgan fingerprint density at radius 2 is 1.46 bits per heavy atom. The predicted octanol–water partition coefficient (Wildman–Crippen LogP) is 8.62. The number of hydrogen-bond acceptors (Lipinski definition) is 1. The Balaban J connectivity index is 1.60. The quantitative estimate of drug-likeness (QED) is 0.240. The van der Waals surface area contributed by atoms with Crippen LogP contribution in [0.4, 0.5) is 13.2 Å². The molecule has 37 heavy (non-hydrogen) atoms. The molecule has 0 amide bonds. The lowest BCUT2D eigenvalue weighted by Crippen LogP contribution is -2.06. The molecule has 0 aliphatic rings. The minimum absolute atomic E-state index is 0.329. The first-order chi connectivity index (χ1) is 17.8. The molecule has 2 heterocycles.